The summed E-state index contributed by atoms with van der Waals surface area (Å²) in [5, 5.41) is 3.89. The monoisotopic (exact) mass is 328 g/mol. The van der Waals surface area contributed by atoms with E-state index < -0.39 is 5.97 Å². The van der Waals surface area contributed by atoms with E-state index in [4.69, 9.17) is 9.26 Å². The third-order valence-corrected chi connectivity index (χ3v) is 4.23. The summed E-state index contributed by atoms with van der Waals surface area (Å²) in [4.78, 5) is 26.0. The minimum absolute atomic E-state index is 0.0433. The zero-order chi connectivity index (χ0) is 17.1. The van der Waals surface area contributed by atoms with Gasteiger partial charge in [0.2, 0.25) is 5.91 Å². The predicted molar refractivity (Wildman–Crippen MR) is 87.3 cm³/mol. The van der Waals surface area contributed by atoms with E-state index in [1.165, 1.54) is 0 Å². The number of hydrogen-bond acceptors (Lipinski definition) is 5. The van der Waals surface area contributed by atoms with E-state index >= 15 is 0 Å². The Morgan fingerprint density at radius 3 is 2.79 bits per heavy atom. The predicted octanol–water partition coefficient (Wildman–Crippen LogP) is 2.68. The number of aryl methyl sites for hydroxylation is 1. The molecule has 2 heterocycles. The molecule has 0 saturated carbocycles. The molecule has 1 amide bonds. The zero-order valence-corrected chi connectivity index (χ0v) is 13.8. The van der Waals surface area contributed by atoms with Crippen molar-refractivity contribution in [3.05, 3.63) is 41.6 Å². The Hall–Kier alpha value is -2.63. The first-order valence-corrected chi connectivity index (χ1v) is 8.06. The van der Waals surface area contributed by atoms with Gasteiger partial charge in [0.15, 0.2) is 5.76 Å². The summed E-state index contributed by atoms with van der Waals surface area (Å²) in [5.41, 5.74) is 1.62. The second-order valence-electron chi connectivity index (χ2n) is 5.94. The van der Waals surface area contributed by atoms with Gasteiger partial charge in [-0.3, -0.25) is 4.79 Å². The molecule has 1 fully saturated rings. The van der Waals surface area contributed by atoms with E-state index in [1.54, 1.807) is 11.8 Å². The van der Waals surface area contributed by atoms with Gasteiger partial charge in [-0.05, 0) is 13.8 Å². The average molecular weight is 328 g/mol. The highest BCUT2D eigenvalue weighted by Gasteiger charge is 2.30. The van der Waals surface area contributed by atoms with Crippen molar-refractivity contribution >= 4 is 11.9 Å². The van der Waals surface area contributed by atoms with E-state index in [2.05, 4.69) is 5.16 Å². The Kier molecular flexibility index (Phi) is 4.64. The first kappa shape index (κ1) is 16.2. The average Bonchev–Trinajstić information content (AvgIpc) is 3.16. The molecule has 0 spiro atoms. The third-order valence-electron chi connectivity index (χ3n) is 4.23. The van der Waals surface area contributed by atoms with Crippen molar-refractivity contribution < 1.29 is 18.8 Å². The van der Waals surface area contributed by atoms with Gasteiger partial charge in [-0.2, -0.15) is 0 Å². The van der Waals surface area contributed by atoms with Crippen LogP contribution < -0.4 is 0 Å². The first-order valence-electron chi connectivity index (χ1n) is 8.06. The number of carbonyl (C=O) groups is 2. The number of rotatable bonds is 5. The maximum atomic E-state index is 12.5. The van der Waals surface area contributed by atoms with Gasteiger partial charge >= 0.3 is 5.97 Å². The SMILES string of the molecule is CCN1C[C@H](COC(=O)c2c(C)noc2-c2ccccc2)CC1=O. The molecule has 1 saturated heterocycles. The van der Waals surface area contributed by atoms with Gasteiger partial charge in [0.1, 0.15) is 5.56 Å². The second-order valence-corrected chi connectivity index (χ2v) is 5.94. The lowest BCUT2D eigenvalue weighted by Crippen LogP contribution is -2.25. The highest BCUT2D eigenvalue weighted by Crippen LogP contribution is 2.27. The molecular formula is C18H20N2O4. The summed E-state index contributed by atoms with van der Waals surface area (Å²) >= 11 is 0. The van der Waals surface area contributed by atoms with Crippen LogP contribution in [0.2, 0.25) is 0 Å². The maximum Gasteiger partial charge on any atom is 0.344 e. The van der Waals surface area contributed by atoms with Crippen LogP contribution in [-0.4, -0.2) is 41.6 Å². The molecule has 1 aromatic carbocycles. The summed E-state index contributed by atoms with van der Waals surface area (Å²) in [7, 11) is 0. The van der Waals surface area contributed by atoms with Crippen LogP contribution in [0.15, 0.2) is 34.9 Å². The number of ether oxygens (including phenoxy) is 1. The number of amides is 1. The lowest BCUT2D eigenvalue weighted by molar-refractivity contribution is -0.127. The molecule has 6 nitrogen and oxygen atoms in total. The van der Waals surface area contributed by atoms with Gasteiger partial charge in [-0.15, -0.1) is 0 Å². The van der Waals surface area contributed by atoms with Crippen molar-refractivity contribution in [2.45, 2.75) is 20.3 Å². The molecule has 24 heavy (non-hydrogen) atoms. The van der Waals surface area contributed by atoms with Gasteiger partial charge in [-0.1, -0.05) is 35.5 Å². The third kappa shape index (κ3) is 3.18. The maximum absolute atomic E-state index is 12.5. The zero-order valence-electron chi connectivity index (χ0n) is 13.8. The number of aromatic nitrogens is 1. The minimum atomic E-state index is -0.463. The highest BCUT2D eigenvalue weighted by atomic mass is 16.5. The van der Waals surface area contributed by atoms with Crippen LogP contribution in [0.4, 0.5) is 0 Å². The molecule has 0 radical (unpaired) electrons. The van der Waals surface area contributed by atoms with Crippen LogP contribution in [0, 0.1) is 12.8 Å². The molecule has 126 valence electrons. The smallest absolute Gasteiger partial charge is 0.344 e. The van der Waals surface area contributed by atoms with Crippen LogP contribution >= 0.6 is 0 Å². The molecule has 1 aromatic heterocycles. The normalized spacial score (nSPS) is 17.3. The van der Waals surface area contributed by atoms with Gasteiger partial charge < -0.3 is 14.2 Å². The number of likely N-dealkylation sites (tertiary alicyclic amines) is 1. The Morgan fingerprint density at radius 1 is 1.38 bits per heavy atom. The summed E-state index contributed by atoms with van der Waals surface area (Å²) in [5.74, 6) is 0.109. The van der Waals surface area contributed by atoms with Crippen LogP contribution in [0.3, 0.4) is 0 Å². The van der Waals surface area contributed by atoms with Crippen molar-refractivity contribution in [2.24, 2.45) is 5.92 Å². The minimum Gasteiger partial charge on any atom is -0.462 e. The van der Waals surface area contributed by atoms with Crippen molar-refractivity contribution in [3.63, 3.8) is 0 Å². The van der Waals surface area contributed by atoms with Gasteiger partial charge in [0, 0.05) is 31.0 Å². The van der Waals surface area contributed by atoms with Crippen molar-refractivity contribution in [1.82, 2.24) is 10.1 Å². The summed E-state index contributed by atoms with van der Waals surface area (Å²) in [6.07, 6.45) is 0.426. The topological polar surface area (TPSA) is 72.6 Å². The number of carbonyl (C=O) groups excluding carboxylic acids is 2. The molecule has 1 atom stereocenters. The summed E-state index contributed by atoms with van der Waals surface area (Å²) in [6.45, 7) is 5.20. The van der Waals surface area contributed by atoms with E-state index in [1.807, 2.05) is 37.3 Å². The van der Waals surface area contributed by atoms with Crippen LogP contribution in [0.5, 0.6) is 0 Å². The number of benzene rings is 1. The summed E-state index contributed by atoms with van der Waals surface area (Å²) in [6, 6.07) is 9.33. The molecule has 2 aromatic rings. The Morgan fingerprint density at radius 2 is 2.12 bits per heavy atom. The van der Waals surface area contributed by atoms with Crippen LogP contribution in [-0.2, 0) is 9.53 Å². The molecular weight excluding hydrogens is 308 g/mol. The van der Waals surface area contributed by atoms with E-state index in [0.29, 0.717) is 36.5 Å². The van der Waals surface area contributed by atoms with Crippen LogP contribution in [0.25, 0.3) is 11.3 Å². The van der Waals surface area contributed by atoms with E-state index in [9.17, 15) is 9.59 Å². The lowest BCUT2D eigenvalue weighted by Gasteiger charge is -2.13. The van der Waals surface area contributed by atoms with Crippen molar-refractivity contribution in [3.8, 4) is 11.3 Å². The molecule has 0 N–H and O–H groups in total. The van der Waals surface area contributed by atoms with Crippen molar-refractivity contribution in [2.75, 3.05) is 19.7 Å². The second kappa shape index (κ2) is 6.86. The molecule has 1 aliphatic heterocycles. The van der Waals surface area contributed by atoms with Crippen LogP contribution in [0.1, 0.15) is 29.4 Å². The Balaban J connectivity index is 1.70. The standard InChI is InChI=1S/C18H20N2O4/c1-3-20-10-13(9-15(20)21)11-23-18(22)16-12(2)19-24-17(16)14-7-5-4-6-8-14/h4-8,13H,3,9-11H2,1-2H3/t13-/m1/s1. The fraction of sp³-hybridized carbons (Fsp3) is 0.389. The first-order chi connectivity index (χ1) is 11.6. The van der Waals surface area contributed by atoms with Crippen molar-refractivity contribution in [1.29, 1.82) is 0 Å². The lowest BCUT2D eigenvalue weighted by atomic mass is 10.1. The largest absolute Gasteiger partial charge is 0.462 e. The summed E-state index contributed by atoms with van der Waals surface area (Å²) < 4.78 is 10.7. The molecule has 6 heteroatoms. The molecule has 0 bridgehead atoms. The molecule has 1 aliphatic rings. The molecule has 0 aliphatic carbocycles. The molecule has 3 rings (SSSR count). The van der Waals surface area contributed by atoms with Gasteiger partial charge in [-0.25, -0.2) is 4.79 Å². The quantitative estimate of drug-likeness (QED) is 0.789. The Labute approximate surface area is 140 Å². The Bertz CT molecular complexity index is 739. The fourth-order valence-electron chi connectivity index (χ4n) is 2.93. The van der Waals surface area contributed by atoms with E-state index in [-0.39, 0.29) is 18.4 Å². The highest BCUT2D eigenvalue weighted by molar-refractivity contribution is 5.96. The number of esters is 1. The number of nitrogens with zero attached hydrogens (tertiary/aromatic N) is 2. The van der Waals surface area contributed by atoms with Gasteiger partial charge in [0.25, 0.3) is 0 Å². The number of hydrogen-bond donors (Lipinski definition) is 0. The fourth-order valence-corrected chi connectivity index (χ4v) is 2.93. The molecule has 0 unspecified atom stereocenters. The van der Waals surface area contributed by atoms with E-state index in [0.717, 1.165) is 5.56 Å². The van der Waals surface area contributed by atoms with Gasteiger partial charge in [0.05, 0.1) is 12.3 Å².